The Hall–Kier alpha value is -2.21. The quantitative estimate of drug-likeness (QED) is 0.642. The lowest BCUT2D eigenvalue weighted by Crippen LogP contribution is -2.26. The van der Waals surface area contributed by atoms with Crippen LogP contribution in [0, 0.1) is 0 Å². The highest BCUT2D eigenvalue weighted by molar-refractivity contribution is 7.89. The van der Waals surface area contributed by atoms with E-state index < -0.39 is 16.1 Å². The topological polar surface area (TPSA) is 66.4 Å². The molecule has 0 aromatic heterocycles. The summed E-state index contributed by atoms with van der Waals surface area (Å²) in [5, 5.41) is 12.6. The number of aliphatic hydroxyl groups excluding tert-OH is 1. The van der Waals surface area contributed by atoms with Crippen LogP contribution in [0.4, 0.5) is 0 Å². The van der Waals surface area contributed by atoms with Gasteiger partial charge in [-0.2, -0.15) is 0 Å². The van der Waals surface area contributed by atoms with E-state index in [1.165, 1.54) is 0 Å². The maximum absolute atomic E-state index is 12.5. The fourth-order valence-electron chi connectivity index (χ4n) is 3.24. The molecule has 0 saturated carbocycles. The van der Waals surface area contributed by atoms with Gasteiger partial charge in [0, 0.05) is 6.54 Å². The van der Waals surface area contributed by atoms with Gasteiger partial charge in [0.1, 0.15) is 0 Å². The van der Waals surface area contributed by atoms with E-state index in [0.29, 0.717) is 6.42 Å². The summed E-state index contributed by atoms with van der Waals surface area (Å²) in [7, 11) is -3.60. The van der Waals surface area contributed by atoms with Crippen LogP contribution in [0.1, 0.15) is 44.4 Å². The van der Waals surface area contributed by atoms with Crippen LogP contribution < -0.4 is 4.72 Å². The van der Waals surface area contributed by atoms with Gasteiger partial charge < -0.3 is 5.11 Å². The summed E-state index contributed by atoms with van der Waals surface area (Å²) in [6.45, 7) is 6.42. The van der Waals surface area contributed by atoms with Crippen LogP contribution in [0.15, 0.2) is 71.6 Å². The second-order valence-corrected chi connectivity index (χ2v) is 9.81. The van der Waals surface area contributed by atoms with Crippen LogP contribution in [0.2, 0.25) is 0 Å². The highest BCUT2D eigenvalue weighted by Crippen LogP contribution is 2.26. The van der Waals surface area contributed by atoms with E-state index in [0.717, 1.165) is 21.9 Å². The van der Waals surface area contributed by atoms with E-state index in [2.05, 4.69) is 25.5 Å². The highest BCUT2D eigenvalue weighted by atomic mass is 32.2. The van der Waals surface area contributed by atoms with Gasteiger partial charge >= 0.3 is 0 Å². The first-order valence-electron chi connectivity index (χ1n) is 9.44. The molecule has 0 saturated heterocycles. The molecular weight excluding hydrogens is 370 g/mol. The van der Waals surface area contributed by atoms with Gasteiger partial charge in [-0.1, -0.05) is 75.4 Å². The number of rotatable bonds is 6. The molecule has 0 aliphatic rings. The summed E-state index contributed by atoms with van der Waals surface area (Å²) in [5.41, 5.74) is 1.86. The minimum Gasteiger partial charge on any atom is -0.388 e. The molecular formula is C23H27NO3S. The first kappa shape index (κ1) is 20.5. The fourth-order valence-corrected chi connectivity index (χ4v) is 4.29. The number of sulfonamides is 1. The predicted octanol–water partition coefficient (Wildman–Crippen LogP) is 4.54. The number of hydrogen-bond acceptors (Lipinski definition) is 3. The smallest absolute Gasteiger partial charge is 0.240 e. The average molecular weight is 398 g/mol. The molecule has 0 aliphatic heterocycles. The predicted molar refractivity (Wildman–Crippen MR) is 114 cm³/mol. The van der Waals surface area contributed by atoms with Crippen molar-refractivity contribution in [2.24, 2.45) is 0 Å². The van der Waals surface area contributed by atoms with Crippen molar-refractivity contribution in [2.75, 3.05) is 6.54 Å². The maximum Gasteiger partial charge on any atom is 0.240 e. The van der Waals surface area contributed by atoms with Gasteiger partial charge in [0.05, 0.1) is 11.0 Å². The van der Waals surface area contributed by atoms with Crippen molar-refractivity contribution < 1.29 is 13.5 Å². The van der Waals surface area contributed by atoms with Crippen LogP contribution >= 0.6 is 0 Å². The third-order valence-corrected chi connectivity index (χ3v) is 6.40. The average Bonchev–Trinajstić information content (AvgIpc) is 2.66. The molecule has 3 aromatic carbocycles. The molecule has 148 valence electrons. The Balaban J connectivity index is 1.66. The van der Waals surface area contributed by atoms with Gasteiger partial charge in [-0.3, -0.25) is 0 Å². The van der Waals surface area contributed by atoms with E-state index in [4.69, 9.17) is 0 Å². The lowest BCUT2D eigenvalue weighted by Gasteiger charge is -2.19. The molecule has 4 nitrogen and oxygen atoms in total. The Labute approximate surface area is 167 Å². The van der Waals surface area contributed by atoms with Gasteiger partial charge in [-0.05, 0) is 45.9 Å². The van der Waals surface area contributed by atoms with Gasteiger partial charge in [-0.15, -0.1) is 0 Å². The number of benzene rings is 3. The van der Waals surface area contributed by atoms with E-state index >= 15 is 0 Å². The minimum atomic E-state index is -3.60. The molecule has 0 fully saturated rings. The van der Waals surface area contributed by atoms with Crippen molar-refractivity contribution in [3.05, 3.63) is 77.9 Å². The zero-order valence-electron chi connectivity index (χ0n) is 16.5. The molecule has 0 amide bonds. The van der Waals surface area contributed by atoms with Crippen LogP contribution in [0.5, 0.6) is 0 Å². The zero-order valence-corrected chi connectivity index (χ0v) is 17.3. The van der Waals surface area contributed by atoms with Crippen molar-refractivity contribution in [1.29, 1.82) is 0 Å². The SMILES string of the molecule is CC(C)(C)c1ccc(S(=O)(=O)NCCC(O)c2cccc3ccccc23)cc1. The third-order valence-electron chi connectivity index (χ3n) is 4.92. The molecule has 28 heavy (non-hydrogen) atoms. The fraction of sp³-hybridized carbons (Fsp3) is 0.304. The van der Waals surface area contributed by atoms with Gasteiger partial charge in [0.2, 0.25) is 10.0 Å². The molecule has 0 bridgehead atoms. The lowest BCUT2D eigenvalue weighted by atomic mass is 9.87. The molecule has 0 aliphatic carbocycles. The van der Waals surface area contributed by atoms with E-state index in [1.54, 1.807) is 12.1 Å². The first-order chi connectivity index (χ1) is 13.2. The van der Waals surface area contributed by atoms with E-state index in [-0.39, 0.29) is 16.9 Å². The summed E-state index contributed by atoms with van der Waals surface area (Å²) in [6, 6.07) is 20.6. The summed E-state index contributed by atoms with van der Waals surface area (Å²) in [6.07, 6.45) is -0.440. The van der Waals surface area contributed by atoms with E-state index in [1.807, 2.05) is 54.6 Å². The molecule has 1 unspecified atom stereocenters. The molecule has 0 heterocycles. The van der Waals surface area contributed by atoms with Crippen LogP contribution in [0.25, 0.3) is 10.8 Å². The van der Waals surface area contributed by atoms with Crippen molar-refractivity contribution >= 4 is 20.8 Å². The number of nitrogens with one attached hydrogen (secondary N) is 1. The van der Waals surface area contributed by atoms with Crippen molar-refractivity contribution in [2.45, 2.75) is 43.6 Å². The summed E-state index contributed by atoms with van der Waals surface area (Å²) < 4.78 is 27.7. The van der Waals surface area contributed by atoms with Crippen LogP contribution in [0.3, 0.4) is 0 Å². The highest BCUT2D eigenvalue weighted by Gasteiger charge is 2.18. The van der Waals surface area contributed by atoms with Crippen LogP contribution in [-0.4, -0.2) is 20.1 Å². The standard InChI is InChI=1S/C23H27NO3S/c1-23(2,3)18-11-13-19(14-12-18)28(26,27)24-16-15-22(25)21-10-6-8-17-7-4-5-9-20(17)21/h4-14,22,24-25H,15-16H2,1-3H3. The molecule has 0 radical (unpaired) electrons. The van der Waals surface area contributed by atoms with Gasteiger partial charge in [-0.25, -0.2) is 13.1 Å². The molecule has 3 aromatic rings. The Morgan fingerprint density at radius 3 is 2.25 bits per heavy atom. The lowest BCUT2D eigenvalue weighted by molar-refractivity contribution is 0.170. The van der Waals surface area contributed by atoms with Crippen molar-refractivity contribution in [3.8, 4) is 0 Å². The molecule has 5 heteroatoms. The number of fused-ring (bicyclic) bond motifs is 1. The minimum absolute atomic E-state index is 0.0295. The Bertz CT molecular complexity index is 1050. The second-order valence-electron chi connectivity index (χ2n) is 8.05. The second kappa shape index (κ2) is 8.03. The summed E-state index contributed by atoms with van der Waals surface area (Å²) >= 11 is 0. The summed E-state index contributed by atoms with van der Waals surface area (Å²) in [5.74, 6) is 0. The van der Waals surface area contributed by atoms with Crippen molar-refractivity contribution in [3.63, 3.8) is 0 Å². The Morgan fingerprint density at radius 2 is 1.57 bits per heavy atom. The molecule has 2 N–H and O–H groups in total. The molecule has 3 rings (SSSR count). The zero-order chi connectivity index (χ0) is 20.4. The van der Waals surface area contributed by atoms with Crippen molar-refractivity contribution in [1.82, 2.24) is 4.72 Å². The van der Waals surface area contributed by atoms with Gasteiger partial charge in [0.15, 0.2) is 0 Å². The monoisotopic (exact) mass is 397 g/mol. The van der Waals surface area contributed by atoms with E-state index in [9.17, 15) is 13.5 Å². The third kappa shape index (κ3) is 4.61. The molecule has 0 spiro atoms. The van der Waals surface area contributed by atoms with Crippen LogP contribution in [-0.2, 0) is 15.4 Å². The number of aliphatic hydroxyl groups is 1. The molecule has 1 atom stereocenters. The Morgan fingerprint density at radius 1 is 0.929 bits per heavy atom. The van der Waals surface area contributed by atoms with Gasteiger partial charge in [0.25, 0.3) is 0 Å². The first-order valence-corrected chi connectivity index (χ1v) is 10.9. The Kier molecular flexibility index (Phi) is 5.89. The summed E-state index contributed by atoms with van der Waals surface area (Å²) in [4.78, 5) is 0.236. The maximum atomic E-state index is 12.5. The number of hydrogen-bond donors (Lipinski definition) is 2. The largest absolute Gasteiger partial charge is 0.388 e. The normalized spacial score (nSPS) is 13.6.